The second-order valence-electron chi connectivity index (χ2n) is 6.33. The highest BCUT2D eigenvalue weighted by Gasteiger charge is 2.24. The second kappa shape index (κ2) is 12.7. The first-order chi connectivity index (χ1) is 14.5. The summed E-state index contributed by atoms with van der Waals surface area (Å²) in [6.45, 7) is 4.02. The number of hydrogen-bond donors (Lipinski definition) is 1. The maximum absolute atomic E-state index is 11.9. The lowest BCUT2D eigenvalue weighted by molar-refractivity contribution is -0.153. The number of carbonyl (C=O) groups excluding carboxylic acids is 2. The van der Waals surface area contributed by atoms with Gasteiger partial charge < -0.3 is 24.2 Å². The van der Waals surface area contributed by atoms with E-state index in [2.05, 4.69) is 5.32 Å². The molecule has 2 atom stereocenters. The zero-order valence-corrected chi connectivity index (χ0v) is 18.2. The molecule has 0 aliphatic carbocycles. The molecule has 0 bridgehead atoms. The van der Waals surface area contributed by atoms with Crippen molar-refractivity contribution in [2.75, 3.05) is 13.2 Å². The maximum atomic E-state index is 11.9. The van der Waals surface area contributed by atoms with Gasteiger partial charge in [-0.1, -0.05) is 53.4 Å². The normalized spacial score (nSPS) is 12.0. The van der Waals surface area contributed by atoms with Crippen LogP contribution in [0.15, 0.2) is 54.6 Å². The van der Waals surface area contributed by atoms with Gasteiger partial charge in [0.15, 0.2) is 14.4 Å². The third-order valence-corrected chi connectivity index (χ3v) is 4.93. The average Bonchev–Trinajstić information content (AvgIpc) is 2.77. The smallest absolute Gasteiger partial charge is 0.407 e. The predicted molar refractivity (Wildman–Crippen MR) is 114 cm³/mol. The number of benzene rings is 2. The number of para-hydroxylation sites is 1. The summed E-state index contributed by atoms with van der Waals surface area (Å²) in [5.74, 6) is -0.0578. The van der Waals surface area contributed by atoms with Gasteiger partial charge in [0.25, 0.3) is 0 Å². The molecule has 0 radical (unpaired) electrons. The van der Waals surface area contributed by atoms with Gasteiger partial charge >= 0.3 is 12.1 Å². The number of hydrogen-bond acceptors (Lipinski definition) is 6. The molecule has 30 heavy (non-hydrogen) atoms. The summed E-state index contributed by atoms with van der Waals surface area (Å²) in [7, 11) is -1.51. The topological polar surface area (TPSA) is 94.2 Å². The summed E-state index contributed by atoms with van der Waals surface area (Å²) in [5.41, 5.74) is 1.69. The van der Waals surface area contributed by atoms with E-state index in [9.17, 15) is 14.2 Å². The molecular weight excluding hydrogens is 407 g/mol. The second-order valence-corrected chi connectivity index (χ2v) is 7.05. The van der Waals surface area contributed by atoms with Crippen LogP contribution in [-0.2, 0) is 31.9 Å². The molecule has 0 saturated heterocycles. The maximum Gasteiger partial charge on any atom is 0.407 e. The monoisotopic (exact) mass is 434 g/mol. The van der Waals surface area contributed by atoms with Gasteiger partial charge in [0.1, 0.15) is 12.6 Å². The Bertz CT molecular complexity index is 833. The molecule has 0 fully saturated rings. The third-order valence-electron chi connectivity index (χ3n) is 4.17. The fourth-order valence-electron chi connectivity index (χ4n) is 2.54. The van der Waals surface area contributed by atoms with Gasteiger partial charge in [-0.2, -0.15) is 0 Å². The SMILES string of the molecule is CCOC(=O)[C@H](C)N(Oc1ccccc1CCNC(=O)OCc1ccccc1)[PH2]=O. The first-order valence-corrected chi connectivity index (χ1v) is 10.6. The molecule has 1 N–H and O–H groups in total. The Morgan fingerprint density at radius 1 is 1.07 bits per heavy atom. The van der Waals surface area contributed by atoms with Gasteiger partial charge in [0.05, 0.1) is 6.61 Å². The minimum Gasteiger partial charge on any atom is -0.465 e. The summed E-state index contributed by atoms with van der Waals surface area (Å²) in [5, 5.41) is 2.69. The zero-order valence-electron chi connectivity index (χ0n) is 17.1. The van der Waals surface area contributed by atoms with Crippen molar-refractivity contribution in [3.05, 3.63) is 65.7 Å². The van der Waals surface area contributed by atoms with Gasteiger partial charge in [-0.15, -0.1) is 0 Å². The van der Waals surface area contributed by atoms with E-state index in [0.717, 1.165) is 16.0 Å². The Labute approximate surface area is 177 Å². The first kappa shape index (κ1) is 23.4. The summed E-state index contributed by atoms with van der Waals surface area (Å²) in [4.78, 5) is 30.6. The van der Waals surface area contributed by atoms with Crippen LogP contribution in [0.5, 0.6) is 5.75 Å². The summed E-state index contributed by atoms with van der Waals surface area (Å²) in [6, 6.07) is 15.7. The number of hydroxylamine groups is 1. The molecule has 0 spiro atoms. The number of amides is 1. The van der Waals surface area contributed by atoms with Crippen LogP contribution in [0, 0.1) is 0 Å². The number of carbonyl (C=O) groups is 2. The van der Waals surface area contributed by atoms with Crippen LogP contribution in [-0.4, -0.2) is 36.1 Å². The Kier molecular flexibility index (Phi) is 9.91. The Morgan fingerprint density at radius 2 is 1.77 bits per heavy atom. The van der Waals surface area contributed by atoms with E-state index in [1.54, 1.807) is 26.0 Å². The van der Waals surface area contributed by atoms with Gasteiger partial charge in [-0.05, 0) is 37.5 Å². The zero-order chi connectivity index (χ0) is 21.8. The number of nitrogens with one attached hydrogen (secondary N) is 1. The van der Waals surface area contributed by atoms with E-state index in [-0.39, 0.29) is 13.2 Å². The summed E-state index contributed by atoms with van der Waals surface area (Å²) >= 11 is 0. The lowest BCUT2D eigenvalue weighted by atomic mass is 10.1. The molecule has 0 aromatic heterocycles. The molecule has 2 rings (SSSR count). The highest BCUT2D eigenvalue weighted by molar-refractivity contribution is 7.20. The lowest BCUT2D eigenvalue weighted by Crippen LogP contribution is -2.36. The minimum atomic E-state index is -1.51. The Morgan fingerprint density at radius 3 is 2.47 bits per heavy atom. The van der Waals surface area contributed by atoms with Crippen LogP contribution in [0.1, 0.15) is 25.0 Å². The van der Waals surface area contributed by atoms with Crippen molar-refractivity contribution in [2.45, 2.75) is 32.9 Å². The summed E-state index contributed by atoms with van der Waals surface area (Å²) < 4.78 is 21.7. The van der Waals surface area contributed by atoms with Crippen molar-refractivity contribution in [1.29, 1.82) is 0 Å². The fraction of sp³-hybridized carbons (Fsp3) is 0.333. The van der Waals surface area contributed by atoms with Crippen LogP contribution in [0.2, 0.25) is 0 Å². The van der Waals surface area contributed by atoms with E-state index in [1.807, 2.05) is 42.5 Å². The first-order valence-electron chi connectivity index (χ1n) is 9.65. The quantitative estimate of drug-likeness (QED) is 0.329. The van der Waals surface area contributed by atoms with Gasteiger partial charge in [-0.25, -0.2) is 4.79 Å². The van der Waals surface area contributed by atoms with Crippen LogP contribution in [0.4, 0.5) is 4.79 Å². The third kappa shape index (κ3) is 7.54. The largest absolute Gasteiger partial charge is 0.465 e. The molecule has 8 nitrogen and oxygen atoms in total. The number of esters is 1. The molecular formula is C21H27N2O6P. The van der Waals surface area contributed by atoms with E-state index in [4.69, 9.17) is 14.3 Å². The van der Waals surface area contributed by atoms with E-state index in [0.29, 0.717) is 18.7 Å². The number of ether oxygens (including phenoxy) is 2. The molecule has 0 heterocycles. The number of rotatable bonds is 11. The molecule has 9 heteroatoms. The Hall–Kier alpha value is -2.83. The average molecular weight is 434 g/mol. The van der Waals surface area contributed by atoms with Crippen molar-refractivity contribution in [2.24, 2.45) is 0 Å². The fourth-order valence-corrected chi connectivity index (χ4v) is 3.01. The van der Waals surface area contributed by atoms with Crippen LogP contribution in [0.25, 0.3) is 0 Å². The van der Waals surface area contributed by atoms with E-state index in [1.165, 1.54) is 0 Å². The lowest BCUT2D eigenvalue weighted by Gasteiger charge is -2.23. The van der Waals surface area contributed by atoms with Gasteiger partial charge in [0.2, 0.25) is 0 Å². The summed E-state index contributed by atoms with van der Waals surface area (Å²) in [6.07, 6.45) is -0.0503. The van der Waals surface area contributed by atoms with Crippen LogP contribution < -0.4 is 10.2 Å². The molecule has 2 aromatic rings. The highest BCUT2D eigenvalue weighted by atomic mass is 31.1. The van der Waals surface area contributed by atoms with Crippen molar-refractivity contribution in [3.63, 3.8) is 0 Å². The molecule has 0 aliphatic heterocycles. The standard InChI is InChI=1S/C21H27N2O6P/c1-3-27-20(24)16(2)23(30-26)29-19-12-8-7-11-18(19)13-14-22-21(25)28-15-17-9-5-4-6-10-17/h4-12,16H,3,13-15,30H2,1-2H3,(H,22,25)/t16-/m0/s1. The number of alkyl carbamates (subject to hydrolysis) is 1. The van der Waals surface area contributed by atoms with E-state index >= 15 is 0 Å². The van der Waals surface area contributed by atoms with Crippen molar-refractivity contribution >= 4 is 20.7 Å². The highest BCUT2D eigenvalue weighted by Crippen LogP contribution is 2.23. The Balaban J connectivity index is 1.87. The van der Waals surface area contributed by atoms with Crippen LogP contribution in [0.3, 0.4) is 0 Å². The number of nitrogens with zero attached hydrogens (tertiary/aromatic N) is 1. The molecule has 1 amide bonds. The molecule has 162 valence electrons. The van der Waals surface area contributed by atoms with Crippen molar-refractivity contribution in [1.82, 2.24) is 10.2 Å². The molecule has 1 unspecified atom stereocenters. The predicted octanol–water partition coefficient (Wildman–Crippen LogP) is 3.37. The molecule has 0 aliphatic rings. The minimum absolute atomic E-state index is 0.194. The van der Waals surface area contributed by atoms with Crippen molar-refractivity contribution < 1.29 is 28.5 Å². The molecule has 0 saturated carbocycles. The van der Waals surface area contributed by atoms with Crippen molar-refractivity contribution in [3.8, 4) is 5.75 Å². The van der Waals surface area contributed by atoms with Gasteiger partial charge in [0, 0.05) is 6.54 Å². The van der Waals surface area contributed by atoms with Gasteiger partial charge in [-0.3, -0.25) is 4.79 Å². The van der Waals surface area contributed by atoms with E-state index < -0.39 is 26.7 Å². The molecule has 2 aromatic carbocycles. The van der Waals surface area contributed by atoms with Crippen LogP contribution >= 0.6 is 8.61 Å².